The van der Waals surface area contributed by atoms with Crippen LogP contribution in [0.3, 0.4) is 0 Å². The molecule has 2 aromatic heterocycles. The van der Waals surface area contributed by atoms with Crippen LogP contribution in [0.4, 0.5) is 0 Å². The van der Waals surface area contributed by atoms with Crippen LogP contribution in [-0.2, 0) is 5.41 Å². The average molecular weight is 205 g/mol. The highest BCUT2D eigenvalue weighted by Gasteiger charge is 2.20. The van der Waals surface area contributed by atoms with Crippen molar-refractivity contribution in [3.8, 4) is 0 Å². The van der Waals surface area contributed by atoms with Gasteiger partial charge in [0, 0.05) is 11.1 Å². The summed E-state index contributed by atoms with van der Waals surface area (Å²) < 4.78 is 1.30. The first-order valence-corrected chi connectivity index (χ1v) is 5.80. The number of fused-ring (bicyclic) bond motifs is 1. The predicted molar refractivity (Wildman–Crippen MR) is 62.9 cm³/mol. The van der Waals surface area contributed by atoms with Gasteiger partial charge in [-0.1, -0.05) is 20.8 Å². The van der Waals surface area contributed by atoms with Crippen LogP contribution in [0.1, 0.15) is 32.1 Å². The van der Waals surface area contributed by atoms with Crippen molar-refractivity contribution in [1.29, 1.82) is 0 Å². The van der Waals surface area contributed by atoms with Crippen molar-refractivity contribution in [3.63, 3.8) is 0 Å². The molecule has 0 N–H and O–H groups in total. The van der Waals surface area contributed by atoms with Gasteiger partial charge in [-0.05, 0) is 30.0 Å². The van der Waals surface area contributed by atoms with Crippen LogP contribution < -0.4 is 0 Å². The van der Waals surface area contributed by atoms with Crippen LogP contribution in [-0.4, -0.2) is 4.98 Å². The third-order valence-corrected chi connectivity index (χ3v) is 4.29. The molecule has 0 saturated heterocycles. The first-order valence-electron chi connectivity index (χ1n) is 4.98. The monoisotopic (exact) mass is 205 g/mol. The molecular weight excluding hydrogens is 190 g/mol. The second-order valence-corrected chi connectivity index (χ2v) is 5.32. The highest BCUT2D eigenvalue weighted by Crippen LogP contribution is 2.35. The van der Waals surface area contributed by atoms with Gasteiger partial charge in [0.15, 0.2) is 0 Å². The molecule has 2 aromatic rings. The lowest BCUT2D eigenvalue weighted by Crippen LogP contribution is -2.12. The van der Waals surface area contributed by atoms with Crippen molar-refractivity contribution >= 4 is 21.6 Å². The van der Waals surface area contributed by atoms with Gasteiger partial charge in [0.05, 0.1) is 10.2 Å². The summed E-state index contributed by atoms with van der Waals surface area (Å²) in [6.07, 6.45) is 3.03. The van der Waals surface area contributed by atoms with E-state index in [4.69, 9.17) is 0 Å². The number of aromatic nitrogens is 1. The number of rotatable bonds is 2. The zero-order valence-corrected chi connectivity index (χ0v) is 9.69. The minimum atomic E-state index is 0.283. The van der Waals surface area contributed by atoms with Crippen LogP contribution >= 0.6 is 11.3 Å². The second kappa shape index (κ2) is 3.35. The SMILES string of the molecule is CCC(C)(C)c1cc2ncccc2s1. The zero-order valence-electron chi connectivity index (χ0n) is 8.87. The van der Waals surface area contributed by atoms with Crippen molar-refractivity contribution in [2.45, 2.75) is 32.6 Å². The number of hydrogen-bond acceptors (Lipinski definition) is 2. The average Bonchev–Trinajstić information content (AvgIpc) is 2.61. The van der Waals surface area contributed by atoms with Gasteiger partial charge >= 0.3 is 0 Å². The van der Waals surface area contributed by atoms with Crippen LogP contribution in [0.15, 0.2) is 24.4 Å². The number of hydrogen-bond donors (Lipinski definition) is 0. The lowest BCUT2D eigenvalue weighted by atomic mass is 9.88. The maximum Gasteiger partial charge on any atom is 0.0812 e. The smallest absolute Gasteiger partial charge is 0.0812 e. The van der Waals surface area contributed by atoms with Crippen LogP contribution in [0, 0.1) is 0 Å². The van der Waals surface area contributed by atoms with Crippen LogP contribution in [0.5, 0.6) is 0 Å². The highest BCUT2D eigenvalue weighted by molar-refractivity contribution is 7.19. The van der Waals surface area contributed by atoms with Gasteiger partial charge in [-0.3, -0.25) is 4.98 Å². The molecule has 0 aliphatic carbocycles. The molecule has 0 spiro atoms. The molecule has 74 valence electrons. The Hall–Kier alpha value is -0.890. The molecule has 0 amide bonds. The summed E-state index contributed by atoms with van der Waals surface area (Å²) in [5.41, 5.74) is 1.42. The Bertz CT molecular complexity index is 409. The van der Waals surface area contributed by atoms with Gasteiger partial charge in [-0.2, -0.15) is 0 Å². The molecule has 0 aromatic carbocycles. The summed E-state index contributed by atoms with van der Waals surface area (Å²) in [6, 6.07) is 6.37. The van der Waals surface area contributed by atoms with E-state index in [0.717, 1.165) is 5.52 Å². The Labute approximate surface area is 88.8 Å². The number of pyridine rings is 1. The Morgan fingerprint density at radius 2 is 2.21 bits per heavy atom. The molecule has 0 fully saturated rings. The second-order valence-electron chi connectivity index (χ2n) is 4.23. The van der Waals surface area contributed by atoms with Crippen molar-refractivity contribution in [2.75, 3.05) is 0 Å². The number of nitrogens with zero attached hydrogens (tertiary/aromatic N) is 1. The van der Waals surface area contributed by atoms with Crippen LogP contribution in [0.25, 0.3) is 10.2 Å². The van der Waals surface area contributed by atoms with E-state index in [1.54, 1.807) is 0 Å². The van der Waals surface area contributed by atoms with Gasteiger partial charge in [0.25, 0.3) is 0 Å². The summed E-state index contributed by atoms with van der Waals surface area (Å²) in [7, 11) is 0. The standard InChI is InChI=1S/C12H15NS/c1-4-12(2,3)11-8-9-10(14-11)6-5-7-13-9/h5-8H,4H2,1-3H3. The van der Waals surface area contributed by atoms with Gasteiger partial charge < -0.3 is 0 Å². The van der Waals surface area contributed by atoms with Crippen molar-refractivity contribution in [2.24, 2.45) is 0 Å². The molecule has 2 heterocycles. The maximum atomic E-state index is 4.36. The summed E-state index contributed by atoms with van der Waals surface area (Å²) in [5.74, 6) is 0. The molecular formula is C12H15NS. The fraction of sp³-hybridized carbons (Fsp3) is 0.417. The van der Waals surface area contributed by atoms with Gasteiger partial charge in [-0.25, -0.2) is 0 Å². The van der Waals surface area contributed by atoms with Gasteiger partial charge in [0.1, 0.15) is 0 Å². The molecule has 2 rings (SSSR count). The normalized spacial score (nSPS) is 12.2. The molecule has 2 heteroatoms. The predicted octanol–water partition coefficient (Wildman–Crippen LogP) is 3.98. The van der Waals surface area contributed by atoms with Gasteiger partial charge in [0.2, 0.25) is 0 Å². The Balaban J connectivity index is 2.55. The molecule has 0 aliphatic heterocycles. The summed E-state index contributed by atoms with van der Waals surface area (Å²) in [6.45, 7) is 6.81. The quantitative estimate of drug-likeness (QED) is 0.722. The summed E-state index contributed by atoms with van der Waals surface area (Å²) in [5, 5.41) is 0. The van der Waals surface area contributed by atoms with Crippen molar-refractivity contribution in [3.05, 3.63) is 29.3 Å². The van der Waals surface area contributed by atoms with E-state index in [9.17, 15) is 0 Å². The summed E-state index contributed by atoms with van der Waals surface area (Å²) in [4.78, 5) is 5.80. The van der Waals surface area contributed by atoms with Crippen molar-refractivity contribution in [1.82, 2.24) is 4.98 Å². The van der Waals surface area contributed by atoms with E-state index in [1.165, 1.54) is 16.0 Å². The van der Waals surface area contributed by atoms with E-state index in [1.807, 2.05) is 23.6 Å². The topological polar surface area (TPSA) is 12.9 Å². The van der Waals surface area contributed by atoms with E-state index >= 15 is 0 Å². The van der Waals surface area contributed by atoms with E-state index in [2.05, 4.69) is 37.9 Å². The third kappa shape index (κ3) is 1.55. The van der Waals surface area contributed by atoms with Crippen molar-refractivity contribution < 1.29 is 0 Å². The lowest BCUT2D eigenvalue weighted by molar-refractivity contribution is 0.517. The van der Waals surface area contributed by atoms with E-state index in [0.29, 0.717) is 0 Å². The highest BCUT2D eigenvalue weighted by atomic mass is 32.1. The molecule has 0 radical (unpaired) electrons. The minimum Gasteiger partial charge on any atom is -0.255 e. The van der Waals surface area contributed by atoms with E-state index < -0.39 is 0 Å². The molecule has 0 bridgehead atoms. The first kappa shape index (κ1) is 9.66. The maximum absolute atomic E-state index is 4.36. The third-order valence-electron chi connectivity index (χ3n) is 2.84. The molecule has 0 aliphatic rings. The van der Waals surface area contributed by atoms with Crippen LogP contribution in [0.2, 0.25) is 0 Å². The fourth-order valence-corrected chi connectivity index (χ4v) is 2.57. The molecule has 0 saturated carbocycles. The Morgan fingerprint density at radius 3 is 2.86 bits per heavy atom. The molecule has 0 unspecified atom stereocenters. The molecule has 14 heavy (non-hydrogen) atoms. The Morgan fingerprint density at radius 1 is 1.43 bits per heavy atom. The van der Waals surface area contributed by atoms with Gasteiger partial charge in [-0.15, -0.1) is 11.3 Å². The summed E-state index contributed by atoms with van der Waals surface area (Å²) >= 11 is 1.87. The molecule has 1 nitrogen and oxygen atoms in total. The largest absolute Gasteiger partial charge is 0.255 e. The van der Waals surface area contributed by atoms with E-state index in [-0.39, 0.29) is 5.41 Å². The number of thiophene rings is 1. The fourth-order valence-electron chi connectivity index (χ4n) is 1.38. The lowest BCUT2D eigenvalue weighted by Gasteiger charge is -2.20. The Kier molecular flexibility index (Phi) is 2.31. The minimum absolute atomic E-state index is 0.283. The zero-order chi connectivity index (χ0) is 10.2. The first-order chi connectivity index (χ1) is 6.63. The molecule has 0 atom stereocenters.